The van der Waals surface area contributed by atoms with Crippen LogP contribution in [0, 0.1) is 0 Å². The molecule has 2 unspecified atom stereocenters. The third kappa shape index (κ3) is 0.866. The monoisotopic (exact) mass is 129 g/mol. The van der Waals surface area contributed by atoms with E-state index in [1.54, 1.807) is 11.9 Å². The smallest absolute Gasteiger partial charge is 0.410 e. The van der Waals surface area contributed by atoms with E-state index >= 15 is 0 Å². The Morgan fingerprint density at radius 1 is 1.56 bits per heavy atom. The predicted molar refractivity (Wildman–Crippen MR) is 33.2 cm³/mol. The molecule has 2 atom stereocenters. The Bertz CT molecular complexity index is 135. The lowest BCUT2D eigenvalue weighted by Gasteiger charge is -2.11. The van der Waals surface area contributed by atoms with E-state index in [2.05, 4.69) is 0 Å². The predicted octanol–water partition coefficient (Wildman–Crippen LogP) is 0.845. The summed E-state index contributed by atoms with van der Waals surface area (Å²) < 4.78 is 4.87. The van der Waals surface area contributed by atoms with Crippen LogP contribution in [0.25, 0.3) is 0 Å². The van der Waals surface area contributed by atoms with Crippen LogP contribution in [0.1, 0.15) is 13.8 Å². The largest absolute Gasteiger partial charge is 0.444 e. The highest BCUT2D eigenvalue weighted by molar-refractivity contribution is 5.70. The summed E-state index contributed by atoms with van der Waals surface area (Å²) in [7, 11) is 1.75. The van der Waals surface area contributed by atoms with Gasteiger partial charge >= 0.3 is 6.09 Å². The summed E-state index contributed by atoms with van der Waals surface area (Å²) in [5.74, 6) is 0. The van der Waals surface area contributed by atoms with Crippen molar-refractivity contribution in [3.63, 3.8) is 0 Å². The first-order valence-corrected chi connectivity index (χ1v) is 3.06. The first-order chi connectivity index (χ1) is 4.13. The molecule has 3 heteroatoms. The van der Waals surface area contributed by atoms with Crippen LogP contribution in [-0.2, 0) is 4.74 Å². The molecule has 0 saturated carbocycles. The molecule has 52 valence electrons. The quantitative estimate of drug-likeness (QED) is 0.485. The zero-order valence-corrected chi connectivity index (χ0v) is 5.92. The molecule has 0 spiro atoms. The fourth-order valence-electron chi connectivity index (χ4n) is 0.822. The highest BCUT2D eigenvalue weighted by atomic mass is 16.6. The lowest BCUT2D eigenvalue weighted by Crippen LogP contribution is -2.28. The van der Waals surface area contributed by atoms with E-state index in [4.69, 9.17) is 4.74 Å². The lowest BCUT2D eigenvalue weighted by atomic mass is 10.2. The molecule has 0 bridgehead atoms. The number of carbonyl (C=O) groups excluding carboxylic acids is 1. The van der Waals surface area contributed by atoms with Crippen LogP contribution in [0.15, 0.2) is 0 Å². The molecule has 0 N–H and O–H groups in total. The number of rotatable bonds is 0. The highest BCUT2D eigenvalue weighted by Gasteiger charge is 2.32. The van der Waals surface area contributed by atoms with Gasteiger partial charge in [0.25, 0.3) is 0 Å². The second-order valence-corrected chi connectivity index (χ2v) is 2.44. The lowest BCUT2D eigenvalue weighted by molar-refractivity contribution is 0.139. The number of ether oxygens (including phenoxy) is 1. The summed E-state index contributed by atoms with van der Waals surface area (Å²) in [5, 5.41) is 0. The van der Waals surface area contributed by atoms with Gasteiger partial charge in [0.2, 0.25) is 0 Å². The van der Waals surface area contributed by atoms with Crippen molar-refractivity contribution in [2.24, 2.45) is 0 Å². The second kappa shape index (κ2) is 1.90. The third-order valence-corrected chi connectivity index (χ3v) is 1.86. The Morgan fingerprint density at radius 3 is 2.22 bits per heavy atom. The second-order valence-electron chi connectivity index (χ2n) is 2.44. The first kappa shape index (κ1) is 6.39. The summed E-state index contributed by atoms with van der Waals surface area (Å²) in [6.07, 6.45) is -0.169. The zero-order valence-electron chi connectivity index (χ0n) is 5.92. The topological polar surface area (TPSA) is 29.5 Å². The summed E-state index contributed by atoms with van der Waals surface area (Å²) in [6.45, 7) is 3.86. The number of likely N-dealkylation sites (N-methyl/N-ethyl adjacent to an activating group) is 1. The van der Waals surface area contributed by atoms with E-state index in [1.165, 1.54) is 0 Å². The van der Waals surface area contributed by atoms with Crippen molar-refractivity contribution in [2.75, 3.05) is 7.05 Å². The van der Waals surface area contributed by atoms with E-state index in [9.17, 15) is 4.79 Å². The van der Waals surface area contributed by atoms with Gasteiger partial charge in [0.1, 0.15) is 6.10 Å². The molecule has 1 rings (SSSR count). The van der Waals surface area contributed by atoms with Gasteiger partial charge in [0, 0.05) is 7.05 Å². The molecule has 1 amide bonds. The van der Waals surface area contributed by atoms with Gasteiger partial charge in [-0.15, -0.1) is 0 Å². The van der Waals surface area contributed by atoms with Gasteiger partial charge in [-0.3, -0.25) is 0 Å². The summed E-state index contributed by atoms with van der Waals surface area (Å²) in [5.41, 5.74) is 0. The van der Waals surface area contributed by atoms with Crippen molar-refractivity contribution in [2.45, 2.75) is 26.0 Å². The molecule has 9 heavy (non-hydrogen) atoms. The van der Waals surface area contributed by atoms with Crippen LogP contribution in [0.2, 0.25) is 0 Å². The van der Waals surface area contributed by atoms with Gasteiger partial charge in [0.05, 0.1) is 6.04 Å². The Balaban J connectivity index is 2.65. The molecule has 0 aromatic rings. The van der Waals surface area contributed by atoms with Crippen LogP contribution < -0.4 is 0 Å². The number of amides is 1. The van der Waals surface area contributed by atoms with Gasteiger partial charge in [-0.25, -0.2) is 4.79 Å². The van der Waals surface area contributed by atoms with Crippen molar-refractivity contribution in [1.29, 1.82) is 0 Å². The fourth-order valence-corrected chi connectivity index (χ4v) is 0.822. The standard InChI is InChI=1S/C6H11NO2/c1-4-5(2)9-6(8)7(4)3/h4-5H,1-3H3. The summed E-state index contributed by atoms with van der Waals surface area (Å²) in [4.78, 5) is 12.3. The van der Waals surface area contributed by atoms with Gasteiger partial charge in [0.15, 0.2) is 0 Å². The number of hydrogen-bond acceptors (Lipinski definition) is 2. The normalized spacial score (nSPS) is 35.0. The fraction of sp³-hybridized carbons (Fsp3) is 0.833. The van der Waals surface area contributed by atoms with Gasteiger partial charge < -0.3 is 9.64 Å². The molecule has 3 nitrogen and oxygen atoms in total. The van der Waals surface area contributed by atoms with Gasteiger partial charge in [-0.05, 0) is 13.8 Å². The Morgan fingerprint density at radius 2 is 2.11 bits per heavy atom. The average Bonchev–Trinajstić information content (AvgIpc) is 1.98. The van der Waals surface area contributed by atoms with Crippen LogP contribution in [0.3, 0.4) is 0 Å². The number of carbonyl (C=O) groups is 1. The molecule has 0 aromatic heterocycles. The third-order valence-electron chi connectivity index (χ3n) is 1.86. The maximum absolute atomic E-state index is 10.7. The van der Waals surface area contributed by atoms with Crippen molar-refractivity contribution >= 4 is 6.09 Å². The van der Waals surface area contributed by atoms with Crippen molar-refractivity contribution in [3.05, 3.63) is 0 Å². The molecule has 0 aromatic carbocycles. The number of hydrogen-bond donors (Lipinski definition) is 0. The zero-order chi connectivity index (χ0) is 7.02. The van der Waals surface area contributed by atoms with Crippen LogP contribution in [0.4, 0.5) is 4.79 Å². The van der Waals surface area contributed by atoms with E-state index in [1.807, 2.05) is 13.8 Å². The molecule has 0 aliphatic carbocycles. The van der Waals surface area contributed by atoms with Crippen LogP contribution in [0.5, 0.6) is 0 Å². The molecule has 1 aliphatic heterocycles. The summed E-state index contributed by atoms with van der Waals surface area (Å²) in [6, 6.07) is 0.220. The summed E-state index contributed by atoms with van der Waals surface area (Å²) >= 11 is 0. The van der Waals surface area contributed by atoms with E-state index < -0.39 is 0 Å². The van der Waals surface area contributed by atoms with E-state index in [0.29, 0.717) is 0 Å². The minimum absolute atomic E-state index is 0.0440. The molecule has 1 aliphatic rings. The van der Waals surface area contributed by atoms with E-state index in [-0.39, 0.29) is 18.2 Å². The van der Waals surface area contributed by atoms with Crippen molar-refractivity contribution in [1.82, 2.24) is 4.90 Å². The Kier molecular flexibility index (Phi) is 1.35. The van der Waals surface area contributed by atoms with Gasteiger partial charge in [-0.1, -0.05) is 0 Å². The van der Waals surface area contributed by atoms with Crippen molar-refractivity contribution < 1.29 is 9.53 Å². The van der Waals surface area contributed by atoms with Crippen molar-refractivity contribution in [3.8, 4) is 0 Å². The maximum atomic E-state index is 10.7. The van der Waals surface area contributed by atoms with Crippen LogP contribution >= 0.6 is 0 Å². The van der Waals surface area contributed by atoms with Crippen LogP contribution in [-0.4, -0.2) is 30.2 Å². The first-order valence-electron chi connectivity index (χ1n) is 3.06. The minimum atomic E-state index is -0.213. The Labute approximate surface area is 54.6 Å². The van der Waals surface area contributed by atoms with E-state index in [0.717, 1.165) is 0 Å². The minimum Gasteiger partial charge on any atom is -0.444 e. The number of cyclic esters (lactones) is 1. The maximum Gasteiger partial charge on any atom is 0.410 e. The molecule has 1 heterocycles. The van der Waals surface area contributed by atoms with Gasteiger partial charge in [-0.2, -0.15) is 0 Å². The molecular formula is C6H11NO2. The Hall–Kier alpha value is -0.730. The SMILES string of the molecule is CC1OC(=O)N(C)C1C. The molecule has 1 saturated heterocycles. The molecule has 1 fully saturated rings. The molecular weight excluding hydrogens is 118 g/mol. The average molecular weight is 129 g/mol. The highest BCUT2D eigenvalue weighted by Crippen LogP contribution is 2.15. The molecule has 0 radical (unpaired) electrons. The number of nitrogens with zero attached hydrogens (tertiary/aromatic N) is 1.